The van der Waals surface area contributed by atoms with Crippen LogP contribution in [-0.4, -0.2) is 16.9 Å². The second-order valence-electron chi connectivity index (χ2n) is 7.52. The van der Waals surface area contributed by atoms with E-state index in [1.165, 1.54) is 12.1 Å². The summed E-state index contributed by atoms with van der Waals surface area (Å²) in [5.74, 6) is -0.914. The van der Waals surface area contributed by atoms with Crippen molar-refractivity contribution in [3.8, 4) is 0 Å². The molecule has 1 aromatic heterocycles. The fourth-order valence-electron chi connectivity index (χ4n) is 3.54. The summed E-state index contributed by atoms with van der Waals surface area (Å²) >= 11 is 0. The van der Waals surface area contributed by atoms with Crippen LogP contribution in [0.4, 0.5) is 8.78 Å². The molecule has 0 aliphatic carbocycles. The number of allylic oxidation sites excluding steroid dienone is 1. The summed E-state index contributed by atoms with van der Waals surface area (Å²) in [6.45, 7) is 4.93. The van der Waals surface area contributed by atoms with Crippen molar-refractivity contribution >= 4 is 5.71 Å². The van der Waals surface area contributed by atoms with Crippen LogP contribution in [0.5, 0.6) is 0 Å². The molecule has 3 rings (SSSR count). The van der Waals surface area contributed by atoms with Gasteiger partial charge in [-0.05, 0) is 42.5 Å². The van der Waals surface area contributed by atoms with Crippen molar-refractivity contribution < 1.29 is 13.5 Å². The third-order valence-electron chi connectivity index (χ3n) is 5.12. The molecule has 0 unspecified atom stereocenters. The molecule has 1 N–H and O–H groups in total. The Labute approximate surface area is 159 Å². The first-order valence-electron chi connectivity index (χ1n) is 9.35. The molecule has 0 spiro atoms. The zero-order chi connectivity index (χ0) is 19.4. The van der Waals surface area contributed by atoms with E-state index < -0.39 is 17.2 Å². The molecule has 0 radical (unpaired) electrons. The van der Waals surface area contributed by atoms with Crippen LogP contribution in [0.1, 0.15) is 38.7 Å². The number of hydrogen-bond donors (Lipinski definition) is 1. The molecule has 0 bridgehead atoms. The summed E-state index contributed by atoms with van der Waals surface area (Å²) in [6, 6.07) is 7.52. The predicted molar refractivity (Wildman–Crippen MR) is 103 cm³/mol. The number of hydrogen-bond acceptors (Lipinski definition) is 2. The van der Waals surface area contributed by atoms with E-state index >= 15 is 0 Å². The van der Waals surface area contributed by atoms with Gasteiger partial charge in [-0.3, -0.25) is 0 Å². The van der Waals surface area contributed by atoms with Crippen LogP contribution >= 0.6 is 0 Å². The third-order valence-corrected chi connectivity index (χ3v) is 5.12. The molecule has 2 heterocycles. The molecule has 144 valence electrons. The fraction of sp³-hybridized carbons (Fsp3) is 0.409. The van der Waals surface area contributed by atoms with Crippen LogP contribution in [-0.2, 0) is 16.9 Å². The van der Waals surface area contributed by atoms with Gasteiger partial charge in [-0.1, -0.05) is 26.0 Å². The van der Waals surface area contributed by atoms with Crippen molar-refractivity contribution in [3.05, 3.63) is 71.6 Å². The largest absolute Gasteiger partial charge is 0.364 e. The van der Waals surface area contributed by atoms with Gasteiger partial charge in [0.25, 0.3) is 0 Å². The van der Waals surface area contributed by atoms with Gasteiger partial charge in [0.15, 0.2) is 0 Å². The van der Waals surface area contributed by atoms with E-state index in [9.17, 15) is 8.78 Å². The van der Waals surface area contributed by atoms with E-state index in [2.05, 4.69) is 6.08 Å². The molecule has 1 fully saturated rings. The van der Waals surface area contributed by atoms with Crippen LogP contribution in [0.15, 0.2) is 54.4 Å². The number of nitrogens with zero attached hydrogens (tertiary/aromatic N) is 1. The molecular formula is C22H26F2N2O. The van der Waals surface area contributed by atoms with Crippen LogP contribution in [0, 0.1) is 23.0 Å². The van der Waals surface area contributed by atoms with Crippen molar-refractivity contribution in [2.24, 2.45) is 5.92 Å². The van der Waals surface area contributed by atoms with Gasteiger partial charge in [0.05, 0.1) is 13.2 Å². The minimum atomic E-state index is -0.853. The van der Waals surface area contributed by atoms with Gasteiger partial charge in [-0.2, -0.15) is 0 Å². The first-order valence-corrected chi connectivity index (χ1v) is 9.35. The average molecular weight is 372 g/mol. The standard InChI is InChI=1S/C22H26F2N2O/c1-16(2)21(25)7-5-6-17-13-22(27-14-17,15-26-10-3-4-11-26)19-9-8-18(23)12-20(19)24/h3-4,6,8-12,16,25H,5,7,13-15H2,1-2H3/b17-6-,25-21?/t22-/m0/s1. The maximum absolute atomic E-state index is 14.6. The van der Waals surface area contributed by atoms with Crippen LogP contribution in [0.2, 0.25) is 0 Å². The maximum atomic E-state index is 14.6. The first-order chi connectivity index (χ1) is 12.9. The molecule has 0 saturated carbocycles. The molecule has 1 atom stereocenters. The molecule has 1 aromatic carbocycles. The molecule has 0 amide bonds. The quantitative estimate of drug-likeness (QED) is 0.508. The number of rotatable bonds is 7. The van der Waals surface area contributed by atoms with Crippen molar-refractivity contribution in [1.82, 2.24) is 4.57 Å². The van der Waals surface area contributed by atoms with Gasteiger partial charge in [-0.25, -0.2) is 8.78 Å². The van der Waals surface area contributed by atoms with Gasteiger partial charge in [0.1, 0.15) is 17.2 Å². The lowest BCUT2D eigenvalue weighted by Crippen LogP contribution is -2.31. The monoisotopic (exact) mass is 372 g/mol. The highest BCUT2D eigenvalue weighted by atomic mass is 19.1. The zero-order valence-electron chi connectivity index (χ0n) is 15.8. The Morgan fingerprint density at radius 2 is 2.04 bits per heavy atom. The summed E-state index contributed by atoms with van der Waals surface area (Å²) in [7, 11) is 0. The number of ether oxygens (including phenoxy) is 1. The highest BCUT2D eigenvalue weighted by molar-refractivity contribution is 5.83. The van der Waals surface area contributed by atoms with Crippen molar-refractivity contribution in [3.63, 3.8) is 0 Å². The van der Waals surface area contributed by atoms with Gasteiger partial charge in [0.2, 0.25) is 0 Å². The summed E-state index contributed by atoms with van der Waals surface area (Å²) in [5, 5.41) is 7.96. The fourth-order valence-corrected chi connectivity index (χ4v) is 3.54. The van der Waals surface area contributed by atoms with Crippen LogP contribution in [0.3, 0.4) is 0 Å². The topological polar surface area (TPSA) is 38.0 Å². The van der Waals surface area contributed by atoms with Crippen molar-refractivity contribution in [2.75, 3.05) is 6.61 Å². The average Bonchev–Trinajstić information content (AvgIpc) is 3.25. The number of benzene rings is 1. The molecular weight excluding hydrogens is 346 g/mol. The predicted octanol–water partition coefficient (Wildman–Crippen LogP) is 5.46. The molecule has 1 aliphatic heterocycles. The van der Waals surface area contributed by atoms with E-state index in [-0.39, 0.29) is 5.92 Å². The minimum Gasteiger partial charge on any atom is -0.364 e. The summed E-state index contributed by atoms with van der Waals surface area (Å²) in [6.07, 6.45) is 7.99. The molecule has 3 nitrogen and oxygen atoms in total. The third kappa shape index (κ3) is 4.53. The lowest BCUT2D eigenvalue weighted by Gasteiger charge is -2.29. The summed E-state index contributed by atoms with van der Waals surface area (Å²) in [5.41, 5.74) is 1.36. The van der Waals surface area contributed by atoms with Gasteiger partial charge in [0, 0.05) is 36.2 Å². The van der Waals surface area contributed by atoms with Gasteiger partial charge < -0.3 is 14.7 Å². The number of halogens is 2. The summed E-state index contributed by atoms with van der Waals surface area (Å²) < 4.78 is 36.1. The van der Waals surface area contributed by atoms with Crippen LogP contribution < -0.4 is 0 Å². The van der Waals surface area contributed by atoms with E-state index in [1.54, 1.807) is 0 Å². The molecule has 1 aliphatic rings. The molecule has 27 heavy (non-hydrogen) atoms. The van der Waals surface area contributed by atoms with Crippen molar-refractivity contribution in [1.29, 1.82) is 5.41 Å². The Kier molecular flexibility index (Phi) is 5.90. The van der Waals surface area contributed by atoms with Crippen LogP contribution in [0.25, 0.3) is 0 Å². The smallest absolute Gasteiger partial charge is 0.132 e. The highest BCUT2D eigenvalue weighted by Gasteiger charge is 2.41. The lowest BCUT2D eigenvalue weighted by molar-refractivity contribution is -0.0165. The van der Waals surface area contributed by atoms with Gasteiger partial charge >= 0.3 is 0 Å². The second kappa shape index (κ2) is 8.17. The normalized spacial score (nSPS) is 21.3. The Balaban J connectivity index is 1.83. The Morgan fingerprint density at radius 1 is 1.30 bits per heavy atom. The van der Waals surface area contributed by atoms with E-state index in [4.69, 9.17) is 10.1 Å². The number of nitrogens with one attached hydrogen (secondary N) is 1. The SMILES string of the molecule is CC(C)C(=N)CC/C=C1\CO[C@@](Cn2cccc2)(c2ccc(F)cc2F)C1. The Hall–Kier alpha value is -2.27. The van der Waals surface area contributed by atoms with E-state index in [0.717, 1.165) is 30.2 Å². The van der Waals surface area contributed by atoms with E-state index in [0.29, 0.717) is 25.1 Å². The Morgan fingerprint density at radius 3 is 2.70 bits per heavy atom. The lowest BCUT2D eigenvalue weighted by atomic mass is 9.88. The maximum Gasteiger partial charge on any atom is 0.132 e. The summed E-state index contributed by atoms with van der Waals surface area (Å²) in [4.78, 5) is 0. The zero-order valence-corrected chi connectivity index (χ0v) is 15.8. The molecule has 5 heteroatoms. The number of aromatic nitrogens is 1. The van der Waals surface area contributed by atoms with Gasteiger partial charge in [-0.15, -0.1) is 0 Å². The minimum absolute atomic E-state index is 0.254. The van der Waals surface area contributed by atoms with Crippen molar-refractivity contribution in [2.45, 2.75) is 45.3 Å². The molecule has 1 saturated heterocycles. The highest BCUT2D eigenvalue weighted by Crippen LogP contribution is 2.41. The second-order valence-corrected chi connectivity index (χ2v) is 7.52. The Bertz CT molecular complexity index is 827. The molecule has 2 aromatic rings. The van der Waals surface area contributed by atoms with E-state index in [1.807, 2.05) is 42.9 Å². The first kappa shape index (κ1) is 19.5.